The molecule has 3 N–H and O–H groups in total. The Labute approximate surface area is 105 Å². The van der Waals surface area contributed by atoms with Gasteiger partial charge in [0.25, 0.3) is 0 Å². The number of rotatable bonds is 6. The van der Waals surface area contributed by atoms with E-state index in [-0.39, 0.29) is 0 Å². The van der Waals surface area contributed by atoms with Crippen LogP contribution in [0.5, 0.6) is 0 Å². The fourth-order valence-electron chi connectivity index (χ4n) is 1.83. The number of hydrogen-bond donors (Lipinski definition) is 2. The molecule has 1 aromatic heterocycles. The van der Waals surface area contributed by atoms with Crippen molar-refractivity contribution in [3.8, 4) is 0 Å². The number of anilines is 2. The number of hydrogen-bond acceptors (Lipinski definition) is 3. The molecule has 2 atom stereocenters. The summed E-state index contributed by atoms with van der Waals surface area (Å²) >= 11 is 0. The van der Waals surface area contributed by atoms with Gasteiger partial charge in [0.15, 0.2) is 0 Å². The Bertz CT molecular complexity index is 357. The molecule has 4 heteroatoms. The Hall–Kier alpha value is -1.19. The minimum Gasteiger partial charge on any atom is -0.394 e. The van der Waals surface area contributed by atoms with Gasteiger partial charge in [0.05, 0.1) is 11.4 Å². The molecular formula is C13H26N4. The first kappa shape index (κ1) is 13.9. The lowest BCUT2D eigenvalue weighted by Crippen LogP contribution is -2.25. The fourth-order valence-corrected chi connectivity index (χ4v) is 1.83. The summed E-state index contributed by atoms with van der Waals surface area (Å²) in [6, 6.07) is 0.411. The third-order valence-electron chi connectivity index (χ3n) is 3.47. The SMILES string of the molecule is CCCn1nc(C)c(N)c1NC(C)C(C)CC. The molecule has 0 aromatic carbocycles. The van der Waals surface area contributed by atoms with Gasteiger partial charge < -0.3 is 11.1 Å². The molecule has 0 spiro atoms. The van der Waals surface area contributed by atoms with Crippen molar-refractivity contribution in [1.29, 1.82) is 0 Å². The first-order chi connectivity index (χ1) is 8.01. The molecule has 0 aliphatic rings. The molecule has 1 rings (SSSR count). The molecule has 0 saturated heterocycles. The molecule has 98 valence electrons. The summed E-state index contributed by atoms with van der Waals surface area (Å²) in [6.45, 7) is 11.7. The Kier molecular flexibility index (Phi) is 4.85. The largest absolute Gasteiger partial charge is 0.394 e. The van der Waals surface area contributed by atoms with Crippen LogP contribution in [0.25, 0.3) is 0 Å². The highest BCUT2D eigenvalue weighted by atomic mass is 15.3. The van der Waals surface area contributed by atoms with Crippen molar-refractivity contribution in [3.63, 3.8) is 0 Å². The van der Waals surface area contributed by atoms with Gasteiger partial charge in [0.2, 0.25) is 0 Å². The smallest absolute Gasteiger partial charge is 0.148 e. The van der Waals surface area contributed by atoms with Gasteiger partial charge in [-0.25, -0.2) is 4.68 Å². The molecule has 17 heavy (non-hydrogen) atoms. The molecule has 2 unspecified atom stereocenters. The summed E-state index contributed by atoms with van der Waals surface area (Å²) in [4.78, 5) is 0. The number of nitrogens with two attached hydrogens (primary N) is 1. The van der Waals surface area contributed by atoms with E-state index >= 15 is 0 Å². The maximum Gasteiger partial charge on any atom is 0.148 e. The van der Waals surface area contributed by atoms with Crippen molar-refractivity contribution in [2.75, 3.05) is 11.1 Å². The molecule has 0 aliphatic carbocycles. The predicted molar refractivity (Wildman–Crippen MR) is 74.2 cm³/mol. The predicted octanol–water partition coefficient (Wildman–Crippen LogP) is 3.03. The normalized spacial score (nSPS) is 14.6. The zero-order valence-electron chi connectivity index (χ0n) is 11.7. The first-order valence-corrected chi connectivity index (χ1v) is 6.60. The van der Waals surface area contributed by atoms with Crippen LogP contribution >= 0.6 is 0 Å². The van der Waals surface area contributed by atoms with Crippen LogP contribution in [0.4, 0.5) is 11.5 Å². The summed E-state index contributed by atoms with van der Waals surface area (Å²) in [5, 5.41) is 7.98. The first-order valence-electron chi connectivity index (χ1n) is 6.60. The summed E-state index contributed by atoms with van der Waals surface area (Å²) in [7, 11) is 0. The molecule has 4 nitrogen and oxygen atoms in total. The highest BCUT2D eigenvalue weighted by Crippen LogP contribution is 2.25. The third kappa shape index (κ3) is 3.14. The second-order valence-electron chi connectivity index (χ2n) is 4.89. The van der Waals surface area contributed by atoms with E-state index in [9.17, 15) is 0 Å². The number of nitrogens with one attached hydrogen (secondary N) is 1. The van der Waals surface area contributed by atoms with E-state index in [1.165, 1.54) is 0 Å². The summed E-state index contributed by atoms with van der Waals surface area (Å²) in [5.41, 5.74) is 7.78. The van der Waals surface area contributed by atoms with Gasteiger partial charge in [-0.3, -0.25) is 0 Å². The van der Waals surface area contributed by atoms with Gasteiger partial charge in [-0.2, -0.15) is 5.10 Å². The molecule has 0 bridgehead atoms. The maximum atomic E-state index is 6.08. The zero-order valence-corrected chi connectivity index (χ0v) is 11.7. The second kappa shape index (κ2) is 5.94. The van der Waals surface area contributed by atoms with E-state index in [1.807, 2.05) is 11.6 Å². The van der Waals surface area contributed by atoms with Crippen molar-refractivity contribution in [1.82, 2.24) is 9.78 Å². The van der Waals surface area contributed by atoms with Gasteiger partial charge >= 0.3 is 0 Å². The number of aromatic nitrogens is 2. The average molecular weight is 238 g/mol. The van der Waals surface area contributed by atoms with Crippen molar-refractivity contribution in [2.45, 2.75) is 60.0 Å². The van der Waals surface area contributed by atoms with Crippen molar-refractivity contribution in [3.05, 3.63) is 5.69 Å². The second-order valence-corrected chi connectivity index (χ2v) is 4.89. The van der Waals surface area contributed by atoms with Gasteiger partial charge in [-0.05, 0) is 26.2 Å². The lowest BCUT2D eigenvalue weighted by atomic mass is 10.0. The lowest BCUT2D eigenvalue weighted by molar-refractivity contribution is 0.488. The van der Waals surface area contributed by atoms with E-state index in [2.05, 4.69) is 38.1 Å². The van der Waals surface area contributed by atoms with Crippen LogP contribution in [-0.2, 0) is 6.54 Å². The summed E-state index contributed by atoms with van der Waals surface area (Å²) < 4.78 is 1.99. The van der Waals surface area contributed by atoms with Crippen molar-refractivity contribution in [2.24, 2.45) is 5.92 Å². The summed E-state index contributed by atoms with van der Waals surface area (Å²) in [5.74, 6) is 1.61. The Morgan fingerprint density at radius 1 is 1.35 bits per heavy atom. The fraction of sp³-hybridized carbons (Fsp3) is 0.769. The van der Waals surface area contributed by atoms with Crippen molar-refractivity contribution < 1.29 is 0 Å². The van der Waals surface area contributed by atoms with Gasteiger partial charge in [-0.15, -0.1) is 0 Å². The minimum absolute atomic E-state index is 0.411. The average Bonchev–Trinajstić information content (AvgIpc) is 2.56. The highest BCUT2D eigenvalue weighted by molar-refractivity contribution is 5.65. The van der Waals surface area contributed by atoms with Crippen LogP contribution < -0.4 is 11.1 Å². The van der Waals surface area contributed by atoms with E-state index in [0.29, 0.717) is 12.0 Å². The van der Waals surface area contributed by atoms with Crippen LogP contribution in [0, 0.1) is 12.8 Å². The quantitative estimate of drug-likeness (QED) is 0.801. The van der Waals surface area contributed by atoms with E-state index in [0.717, 1.165) is 36.6 Å². The number of aryl methyl sites for hydroxylation is 2. The molecule has 0 saturated carbocycles. The van der Waals surface area contributed by atoms with Gasteiger partial charge in [-0.1, -0.05) is 27.2 Å². The van der Waals surface area contributed by atoms with Crippen molar-refractivity contribution >= 4 is 11.5 Å². The van der Waals surface area contributed by atoms with Gasteiger partial charge in [0, 0.05) is 12.6 Å². The minimum atomic E-state index is 0.411. The zero-order chi connectivity index (χ0) is 13.0. The van der Waals surface area contributed by atoms with Crippen LogP contribution in [0.3, 0.4) is 0 Å². The van der Waals surface area contributed by atoms with Crippen LogP contribution in [0.2, 0.25) is 0 Å². The number of nitrogens with zero attached hydrogens (tertiary/aromatic N) is 2. The Balaban J connectivity index is 2.88. The molecule has 1 heterocycles. The molecule has 0 amide bonds. The maximum absolute atomic E-state index is 6.08. The van der Waals surface area contributed by atoms with Crippen LogP contribution in [-0.4, -0.2) is 15.8 Å². The Morgan fingerprint density at radius 3 is 2.53 bits per heavy atom. The monoisotopic (exact) mass is 238 g/mol. The molecule has 0 aliphatic heterocycles. The van der Waals surface area contributed by atoms with Crippen LogP contribution in [0.15, 0.2) is 0 Å². The summed E-state index contributed by atoms with van der Waals surface area (Å²) in [6.07, 6.45) is 2.22. The standard InChI is InChI=1S/C13H26N4/c1-6-8-17-13(12(14)11(5)16-17)15-10(4)9(3)7-2/h9-10,15H,6-8,14H2,1-5H3. The molecular weight excluding hydrogens is 212 g/mol. The molecule has 0 radical (unpaired) electrons. The van der Waals surface area contributed by atoms with E-state index < -0.39 is 0 Å². The van der Waals surface area contributed by atoms with E-state index in [1.54, 1.807) is 0 Å². The highest BCUT2D eigenvalue weighted by Gasteiger charge is 2.16. The van der Waals surface area contributed by atoms with E-state index in [4.69, 9.17) is 5.73 Å². The van der Waals surface area contributed by atoms with Crippen LogP contribution in [0.1, 0.15) is 46.2 Å². The molecule has 0 fully saturated rings. The van der Waals surface area contributed by atoms with Gasteiger partial charge in [0.1, 0.15) is 5.82 Å². The molecule has 1 aromatic rings. The third-order valence-corrected chi connectivity index (χ3v) is 3.47. The Morgan fingerprint density at radius 2 is 2.00 bits per heavy atom. The topological polar surface area (TPSA) is 55.9 Å². The lowest BCUT2D eigenvalue weighted by Gasteiger charge is -2.22. The number of nitrogen functional groups attached to an aromatic ring is 1.